The predicted molar refractivity (Wildman–Crippen MR) is 104 cm³/mol. The van der Waals surface area contributed by atoms with Crippen molar-refractivity contribution in [1.82, 2.24) is 19.6 Å². The van der Waals surface area contributed by atoms with Crippen molar-refractivity contribution in [1.29, 1.82) is 0 Å². The normalized spacial score (nSPS) is 10.9. The first-order chi connectivity index (χ1) is 13.2. The molecule has 0 bridgehead atoms. The lowest BCUT2D eigenvalue weighted by molar-refractivity contribution is 0.416. The molecule has 0 saturated carbocycles. The Morgan fingerprint density at radius 1 is 1.11 bits per heavy atom. The number of nitrogens with zero attached hydrogens (tertiary/aromatic N) is 3. The van der Waals surface area contributed by atoms with Gasteiger partial charge in [0.2, 0.25) is 0 Å². The molecule has 0 saturated heterocycles. The van der Waals surface area contributed by atoms with E-state index in [1.165, 1.54) is 10.6 Å². The molecule has 0 aliphatic carbocycles. The zero-order chi connectivity index (χ0) is 18.8. The highest BCUT2D eigenvalue weighted by Gasteiger charge is 2.11. The average molecular weight is 361 g/mol. The molecule has 136 valence electrons. The highest BCUT2D eigenvalue weighted by Crippen LogP contribution is 2.23. The van der Waals surface area contributed by atoms with Crippen molar-refractivity contribution in [2.45, 2.75) is 13.5 Å². The summed E-state index contributed by atoms with van der Waals surface area (Å²) >= 11 is 0. The predicted octanol–water partition coefficient (Wildman–Crippen LogP) is 3.01. The van der Waals surface area contributed by atoms with E-state index in [1.807, 2.05) is 55.5 Å². The summed E-state index contributed by atoms with van der Waals surface area (Å²) in [5.41, 5.74) is 3.25. The molecule has 4 rings (SSSR count). The number of aryl methyl sites for hydroxylation is 1. The zero-order valence-electron chi connectivity index (χ0n) is 15.1. The van der Waals surface area contributed by atoms with Gasteiger partial charge in [-0.2, -0.15) is 9.50 Å². The van der Waals surface area contributed by atoms with Gasteiger partial charge in [-0.3, -0.25) is 9.89 Å². The number of fused-ring (bicyclic) bond motifs is 1. The monoisotopic (exact) mass is 361 g/mol. The van der Waals surface area contributed by atoms with Gasteiger partial charge < -0.3 is 10.1 Å². The van der Waals surface area contributed by atoms with E-state index in [4.69, 9.17) is 4.74 Å². The van der Waals surface area contributed by atoms with Crippen LogP contribution in [0.25, 0.3) is 17.2 Å². The number of para-hydroxylation sites is 2. The molecule has 7 heteroatoms. The first-order valence-corrected chi connectivity index (χ1v) is 8.57. The second-order valence-corrected chi connectivity index (χ2v) is 6.16. The number of H-pyrrole nitrogens is 1. The third kappa shape index (κ3) is 3.27. The van der Waals surface area contributed by atoms with Gasteiger partial charge in [0.15, 0.2) is 5.82 Å². The Kier molecular flexibility index (Phi) is 4.33. The SMILES string of the molecule is COc1ccccc1NCc1cc(=O)n2[nH]c(-c3ccccc3C)nc2n1. The standard InChI is InChI=1S/C20H19N5O2/c1-13-7-3-4-8-15(13)19-23-20-22-14(11-18(26)25(20)24-19)12-21-16-9-5-6-10-17(16)27-2/h3-11,21H,12H2,1-2H3,(H,22,23,24). The number of anilines is 1. The lowest BCUT2D eigenvalue weighted by Gasteiger charge is -2.10. The fourth-order valence-electron chi connectivity index (χ4n) is 2.95. The number of nitrogens with one attached hydrogen (secondary N) is 2. The summed E-state index contributed by atoms with van der Waals surface area (Å²) < 4.78 is 6.68. The van der Waals surface area contributed by atoms with Gasteiger partial charge in [0.1, 0.15) is 5.75 Å². The highest BCUT2D eigenvalue weighted by molar-refractivity contribution is 5.61. The van der Waals surface area contributed by atoms with Crippen molar-refractivity contribution in [2.75, 3.05) is 12.4 Å². The quantitative estimate of drug-likeness (QED) is 0.571. The molecular weight excluding hydrogens is 342 g/mol. The van der Waals surface area contributed by atoms with Crippen LogP contribution in [-0.4, -0.2) is 26.7 Å². The van der Waals surface area contributed by atoms with E-state index >= 15 is 0 Å². The fraction of sp³-hybridized carbons (Fsp3) is 0.150. The van der Waals surface area contributed by atoms with E-state index in [0.717, 1.165) is 22.6 Å². The average Bonchev–Trinajstić information content (AvgIpc) is 3.11. The van der Waals surface area contributed by atoms with Crippen molar-refractivity contribution in [3.05, 3.63) is 76.2 Å². The molecule has 0 radical (unpaired) electrons. The molecule has 0 fully saturated rings. The maximum atomic E-state index is 12.5. The summed E-state index contributed by atoms with van der Waals surface area (Å²) in [6.45, 7) is 2.39. The van der Waals surface area contributed by atoms with E-state index in [2.05, 4.69) is 20.4 Å². The van der Waals surface area contributed by atoms with Crippen LogP contribution in [-0.2, 0) is 6.54 Å². The van der Waals surface area contributed by atoms with Gasteiger partial charge in [-0.15, -0.1) is 0 Å². The molecule has 0 aliphatic rings. The zero-order valence-corrected chi connectivity index (χ0v) is 15.1. The maximum Gasteiger partial charge on any atom is 0.274 e. The minimum atomic E-state index is -0.204. The number of hydrogen-bond donors (Lipinski definition) is 2. The first kappa shape index (κ1) is 16.8. The fourth-order valence-corrected chi connectivity index (χ4v) is 2.95. The molecule has 0 unspecified atom stereocenters. The molecule has 27 heavy (non-hydrogen) atoms. The summed E-state index contributed by atoms with van der Waals surface area (Å²) in [7, 11) is 1.62. The minimum absolute atomic E-state index is 0.204. The van der Waals surface area contributed by atoms with Gasteiger partial charge in [-0.05, 0) is 24.6 Å². The van der Waals surface area contributed by atoms with Gasteiger partial charge in [0.25, 0.3) is 11.3 Å². The molecule has 0 atom stereocenters. The van der Waals surface area contributed by atoms with E-state index in [1.54, 1.807) is 7.11 Å². The maximum absolute atomic E-state index is 12.5. The van der Waals surface area contributed by atoms with Crippen LogP contribution >= 0.6 is 0 Å². The van der Waals surface area contributed by atoms with E-state index in [0.29, 0.717) is 23.8 Å². The molecular formula is C20H19N5O2. The molecule has 2 heterocycles. The minimum Gasteiger partial charge on any atom is -0.495 e. The molecule has 2 aromatic heterocycles. The van der Waals surface area contributed by atoms with Crippen molar-refractivity contribution in [3.63, 3.8) is 0 Å². The number of methoxy groups -OCH3 is 1. The van der Waals surface area contributed by atoms with E-state index in [-0.39, 0.29) is 5.56 Å². The summed E-state index contributed by atoms with van der Waals surface area (Å²) in [6.07, 6.45) is 0. The van der Waals surface area contributed by atoms with Gasteiger partial charge in [0, 0.05) is 11.6 Å². The van der Waals surface area contributed by atoms with E-state index < -0.39 is 0 Å². The molecule has 2 N–H and O–H groups in total. The molecule has 0 spiro atoms. The van der Waals surface area contributed by atoms with Crippen LogP contribution in [0.2, 0.25) is 0 Å². The lowest BCUT2D eigenvalue weighted by atomic mass is 10.1. The smallest absolute Gasteiger partial charge is 0.274 e. The summed E-state index contributed by atoms with van der Waals surface area (Å²) in [5.74, 6) is 1.70. The van der Waals surface area contributed by atoms with Crippen molar-refractivity contribution in [2.24, 2.45) is 0 Å². The summed E-state index contributed by atoms with van der Waals surface area (Å²) in [6, 6.07) is 17.0. The Hall–Kier alpha value is -3.61. The number of hydrogen-bond acceptors (Lipinski definition) is 5. The van der Waals surface area contributed by atoms with Crippen LogP contribution in [0.15, 0.2) is 59.4 Å². The van der Waals surface area contributed by atoms with Crippen LogP contribution in [0, 0.1) is 6.92 Å². The summed E-state index contributed by atoms with van der Waals surface area (Å²) in [4.78, 5) is 21.5. The van der Waals surface area contributed by atoms with Crippen LogP contribution < -0.4 is 15.6 Å². The largest absolute Gasteiger partial charge is 0.495 e. The number of rotatable bonds is 5. The van der Waals surface area contributed by atoms with E-state index in [9.17, 15) is 4.79 Å². The van der Waals surface area contributed by atoms with Crippen LogP contribution in [0.5, 0.6) is 5.75 Å². The highest BCUT2D eigenvalue weighted by atomic mass is 16.5. The van der Waals surface area contributed by atoms with Crippen molar-refractivity contribution in [3.8, 4) is 17.1 Å². The number of aromatic amines is 1. The van der Waals surface area contributed by atoms with Gasteiger partial charge in [-0.1, -0.05) is 36.4 Å². The van der Waals surface area contributed by atoms with Crippen molar-refractivity contribution < 1.29 is 4.74 Å². The third-order valence-corrected chi connectivity index (χ3v) is 4.35. The Labute approximate surface area is 155 Å². The Morgan fingerprint density at radius 3 is 2.70 bits per heavy atom. The third-order valence-electron chi connectivity index (χ3n) is 4.35. The molecule has 0 amide bonds. The number of aromatic nitrogens is 4. The van der Waals surface area contributed by atoms with Crippen LogP contribution in [0.3, 0.4) is 0 Å². The molecule has 7 nitrogen and oxygen atoms in total. The van der Waals surface area contributed by atoms with Gasteiger partial charge >= 0.3 is 0 Å². The van der Waals surface area contributed by atoms with Crippen LogP contribution in [0.4, 0.5) is 5.69 Å². The topological polar surface area (TPSA) is 84.3 Å². The summed E-state index contributed by atoms with van der Waals surface area (Å²) in [5, 5.41) is 6.28. The van der Waals surface area contributed by atoms with Crippen LogP contribution in [0.1, 0.15) is 11.3 Å². The lowest BCUT2D eigenvalue weighted by Crippen LogP contribution is -2.17. The molecule has 4 aromatic rings. The second-order valence-electron chi connectivity index (χ2n) is 6.16. The number of ether oxygens (including phenoxy) is 1. The Morgan fingerprint density at radius 2 is 1.89 bits per heavy atom. The Balaban J connectivity index is 1.66. The Bertz CT molecular complexity index is 1160. The van der Waals surface area contributed by atoms with Gasteiger partial charge in [-0.25, -0.2) is 4.98 Å². The van der Waals surface area contributed by atoms with Gasteiger partial charge in [0.05, 0.1) is 25.0 Å². The second kappa shape index (κ2) is 6.95. The molecule has 2 aromatic carbocycles. The van der Waals surface area contributed by atoms with Crippen molar-refractivity contribution >= 4 is 11.5 Å². The molecule has 0 aliphatic heterocycles. The number of benzene rings is 2. The first-order valence-electron chi connectivity index (χ1n) is 8.57.